The first-order valence-corrected chi connectivity index (χ1v) is 3.05. The maximum atomic E-state index is 5.49. The minimum Gasteiger partial charge on any atom is -0.318 e. The van der Waals surface area contributed by atoms with Crippen molar-refractivity contribution in [2.45, 2.75) is 32.7 Å². The van der Waals surface area contributed by atoms with Gasteiger partial charge in [-0.3, -0.25) is 0 Å². The van der Waals surface area contributed by atoms with Gasteiger partial charge in [0, 0.05) is 6.42 Å². The highest BCUT2D eigenvalue weighted by molar-refractivity contribution is 5.05. The first-order valence-electron chi connectivity index (χ1n) is 3.05. The summed E-state index contributed by atoms with van der Waals surface area (Å²) in [6.07, 6.45) is 1.86. The van der Waals surface area contributed by atoms with Crippen LogP contribution in [0.4, 0.5) is 0 Å². The molecule has 0 fully saturated rings. The molecule has 0 bridgehead atoms. The van der Waals surface area contributed by atoms with Crippen molar-refractivity contribution in [3.8, 4) is 11.8 Å². The predicted molar refractivity (Wildman–Crippen MR) is 36.3 cm³/mol. The summed E-state index contributed by atoms with van der Waals surface area (Å²) in [6.45, 7) is 4.06. The molecule has 0 rings (SSSR count). The smallest absolute Gasteiger partial charge is 0.0661 e. The van der Waals surface area contributed by atoms with Gasteiger partial charge in [-0.05, 0) is 6.42 Å². The van der Waals surface area contributed by atoms with Gasteiger partial charge in [0.2, 0.25) is 0 Å². The topological polar surface area (TPSA) is 26.0 Å². The van der Waals surface area contributed by atoms with Gasteiger partial charge in [-0.15, -0.1) is 5.92 Å². The molecule has 0 aromatic heterocycles. The maximum absolute atomic E-state index is 5.49. The van der Waals surface area contributed by atoms with E-state index in [0.717, 1.165) is 12.8 Å². The second kappa shape index (κ2) is 4.67. The molecule has 8 heavy (non-hydrogen) atoms. The van der Waals surface area contributed by atoms with Crippen LogP contribution in [0.25, 0.3) is 0 Å². The van der Waals surface area contributed by atoms with Crippen LogP contribution in [-0.4, -0.2) is 6.04 Å². The molecule has 0 aromatic rings. The second-order valence-corrected chi connectivity index (χ2v) is 1.69. The molecule has 2 N–H and O–H groups in total. The highest BCUT2D eigenvalue weighted by atomic mass is 14.6. The van der Waals surface area contributed by atoms with Gasteiger partial charge in [0.15, 0.2) is 0 Å². The van der Waals surface area contributed by atoms with Crippen LogP contribution in [0.3, 0.4) is 0 Å². The molecule has 0 radical (unpaired) electrons. The predicted octanol–water partition coefficient (Wildman–Crippen LogP) is 1.14. The summed E-state index contributed by atoms with van der Waals surface area (Å²) in [5, 5.41) is 0. The first-order chi connectivity index (χ1) is 3.81. The number of hydrogen-bond acceptors (Lipinski definition) is 1. The van der Waals surface area contributed by atoms with E-state index in [0.29, 0.717) is 0 Å². The minimum atomic E-state index is 0.0925. The molecule has 0 aliphatic carbocycles. The Kier molecular flexibility index (Phi) is 4.39. The molecule has 0 aromatic carbocycles. The van der Waals surface area contributed by atoms with Crippen molar-refractivity contribution >= 4 is 0 Å². The molecule has 1 nitrogen and oxygen atoms in total. The van der Waals surface area contributed by atoms with E-state index in [1.54, 1.807) is 0 Å². The van der Waals surface area contributed by atoms with E-state index < -0.39 is 0 Å². The Morgan fingerprint density at radius 1 is 1.50 bits per heavy atom. The summed E-state index contributed by atoms with van der Waals surface area (Å²) in [4.78, 5) is 0. The van der Waals surface area contributed by atoms with E-state index in [1.807, 2.05) is 13.8 Å². The third kappa shape index (κ3) is 3.70. The van der Waals surface area contributed by atoms with E-state index in [4.69, 9.17) is 5.73 Å². The van der Waals surface area contributed by atoms with E-state index in [-0.39, 0.29) is 6.04 Å². The lowest BCUT2D eigenvalue weighted by atomic mass is 10.2. The van der Waals surface area contributed by atoms with E-state index in [1.165, 1.54) is 0 Å². The van der Waals surface area contributed by atoms with Crippen molar-refractivity contribution in [2.75, 3.05) is 0 Å². The average Bonchev–Trinajstić information content (AvgIpc) is 1.83. The lowest BCUT2D eigenvalue weighted by Gasteiger charge is -1.93. The molecule has 46 valence electrons. The molecule has 0 spiro atoms. The van der Waals surface area contributed by atoms with Gasteiger partial charge < -0.3 is 5.73 Å². The zero-order valence-electron chi connectivity index (χ0n) is 5.57. The monoisotopic (exact) mass is 111 g/mol. The van der Waals surface area contributed by atoms with Crippen LogP contribution < -0.4 is 5.73 Å². The molecule has 0 aliphatic rings. The third-order valence-corrected chi connectivity index (χ3v) is 0.904. The van der Waals surface area contributed by atoms with Crippen LogP contribution in [0.15, 0.2) is 0 Å². The summed E-state index contributed by atoms with van der Waals surface area (Å²) in [7, 11) is 0. The summed E-state index contributed by atoms with van der Waals surface area (Å²) < 4.78 is 0. The Bertz CT molecular complexity index is 96.7. The molecular weight excluding hydrogens is 98.1 g/mol. The van der Waals surface area contributed by atoms with E-state index in [2.05, 4.69) is 11.8 Å². The SMILES string of the molecule is CCC#CC(N)CC. The van der Waals surface area contributed by atoms with Crippen LogP contribution in [0.2, 0.25) is 0 Å². The Labute approximate surface area is 51.3 Å². The van der Waals surface area contributed by atoms with Crippen molar-refractivity contribution in [3.05, 3.63) is 0 Å². The molecule has 0 saturated carbocycles. The normalized spacial score (nSPS) is 11.9. The van der Waals surface area contributed by atoms with E-state index in [9.17, 15) is 0 Å². The van der Waals surface area contributed by atoms with Crippen LogP contribution in [0, 0.1) is 11.8 Å². The molecule has 1 heteroatoms. The highest BCUT2D eigenvalue weighted by Gasteiger charge is 1.86. The Balaban J connectivity index is 3.35. The van der Waals surface area contributed by atoms with Crippen molar-refractivity contribution in [3.63, 3.8) is 0 Å². The van der Waals surface area contributed by atoms with Crippen molar-refractivity contribution in [1.29, 1.82) is 0 Å². The molecule has 1 unspecified atom stereocenters. The fraction of sp³-hybridized carbons (Fsp3) is 0.714. The molecule has 1 atom stereocenters. The number of rotatable bonds is 1. The third-order valence-electron chi connectivity index (χ3n) is 0.904. The summed E-state index contributed by atoms with van der Waals surface area (Å²) in [6, 6.07) is 0.0925. The summed E-state index contributed by atoms with van der Waals surface area (Å²) in [5.74, 6) is 5.83. The molecule has 0 amide bonds. The Morgan fingerprint density at radius 2 is 2.12 bits per heavy atom. The molecule has 0 aliphatic heterocycles. The van der Waals surface area contributed by atoms with Crippen LogP contribution in [-0.2, 0) is 0 Å². The zero-order chi connectivity index (χ0) is 6.41. The van der Waals surface area contributed by atoms with E-state index >= 15 is 0 Å². The number of nitrogens with two attached hydrogens (primary N) is 1. The Hall–Kier alpha value is -0.480. The zero-order valence-corrected chi connectivity index (χ0v) is 5.57. The van der Waals surface area contributed by atoms with Gasteiger partial charge in [-0.2, -0.15) is 0 Å². The van der Waals surface area contributed by atoms with Crippen LogP contribution in [0.1, 0.15) is 26.7 Å². The Morgan fingerprint density at radius 3 is 2.50 bits per heavy atom. The number of hydrogen-bond donors (Lipinski definition) is 1. The summed E-state index contributed by atoms with van der Waals surface area (Å²) in [5.41, 5.74) is 5.49. The van der Waals surface area contributed by atoms with Gasteiger partial charge in [0.1, 0.15) is 0 Å². The van der Waals surface area contributed by atoms with Gasteiger partial charge in [-0.1, -0.05) is 19.8 Å². The second-order valence-electron chi connectivity index (χ2n) is 1.69. The van der Waals surface area contributed by atoms with Gasteiger partial charge >= 0.3 is 0 Å². The van der Waals surface area contributed by atoms with Gasteiger partial charge in [0.05, 0.1) is 6.04 Å². The minimum absolute atomic E-state index is 0.0925. The van der Waals surface area contributed by atoms with Crippen molar-refractivity contribution < 1.29 is 0 Å². The average molecular weight is 111 g/mol. The fourth-order valence-corrected chi connectivity index (χ4v) is 0.335. The molecule has 0 saturated heterocycles. The lowest BCUT2D eigenvalue weighted by Crippen LogP contribution is -2.15. The largest absolute Gasteiger partial charge is 0.318 e. The quantitative estimate of drug-likeness (QED) is 0.504. The maximum Gasteiger partial charge on any atom is 0.0661 e. The van der Waals surface area contributed by atoms with Gasteiger partial charge in [0.25, 0.3) is 0 Å². The molecule has 0 heterocycles. The lowest BCUT2D eigenvalue weighted by molar-refractivity contribution is 0.805. The fourth-order valence-electron chi connectivity index (χ4n) is 0.335. The van der Waals surface area contributed by atoms with Crippen LogP contribution >= 0.6 is 0 Å². The van der Waals surface area contributed by atoms with Crippen molar-refractivity contribution in [2.24, 2.45) is 5.73 Å². The van der Waals surface area contributed by atoms with Gasteiger partial charge in [-0.25, -0.2) is 0 Å². The summed E-state index contributed by atoms with van der Waals surface area (Å²) >= 11 is 0. The highest BCUT2D eigenvalue weighted by Crippen LogP contribution is 1.81. The standard InChI is InChI=1S/C7H13N/c1-3-5-6-7(8)4-2/h7H,3-4,8H2,1-2H3. The first kappa shape index (κ1) is 7.52. The van der Waals surface area contributed by atoms with Crippen LogP contribution in [0.5, 0.6) is 0 Å². The van der Waals surface area contributed by atoms with Crippen molar-refractivity contribution in [1.82, 2.24) is 0 Å². The molecular formula is C7H13N.